The maximum atomic E-state index is 12.5. The fourth-order valence-corrected chi connectivity index (χ4v) is 8.90. The summed E-state index contributed by atoms with van der Waals surface area (Å²) in [6.07, 6.45) is 6.58. The van der Waals surface area contributed by atoms with Gasteiger partial charge in [0.05, 0.1) is 33.5 Å². The lowest BCUT2D eigenvalue weighted by Gasteiger charge is -2.25. The van der Waals surface area contributed by atoms with Crippen molar-refractivity contribution in [2.75, 3.05) is 30.3 Å². The van der Waals surface area contributed by atoms with Gasteiger partial charge in [-0.25, -0.2) is 21.6 Å². The maximum absolute atomic E-state index is 12.5. The van der Waals surface area contributed by atoms with E-state index in [1.807, 2.05) is 52.8 Å². The number of allylic oxidation sites excluding steroid dienone is 4. The van der Waals surface area contributed by atoms with E-state index in [1.54, 1.807) is 12.1 Å². The Morgan fingerprint density at radius 1 is 1.04 bits per heavy atom. The van der Waals surface area contributed by atoms with Crippen molar-refractivity contribution < 1.29 is 45.5 Å². The van der Waals surface area contributed by atoms with E-state index in [4.69, 9.17) is 10.5 Å². The lowest BCUT2D eigenvalue weighted by Crippen LogP contribution is -2.28. The zero-order valence-corrected chi connectivity index (χ0v) is 33.9. The minimum atomic E-state index is -4.71. The number of ether oxygens (including phenoxy) is 1. The van der Waals surface area contributed by atoms with Crippen LogP contribution in [-0.4, -0.2) is 87.9 Å². The molecule has 0 amide bonds. The molecule has 3 aliphatic heterocycles. The van der Waals surface area contributed by atoms with Gasteiger partial charge >= 0.3 is 5.69 Å². The average Bonchev–Trinajstić information content (AvgIpc) is 3.69. The Kier molecular flexibility index (Phi) is 11.5. The molecule has 3 aromatic rings. The van der Waals surface area contributed by atoms with Gasteiger partial charge in [0.1, 0.15) is 44.9 Å². The summed E-state index contributed by atoms with van der Waals surface area (Å²) in [6, 6.07) is 8.83. The molecular weight excluding hydrogens is 775 g/mol. The van der Waals surface area contributed by atoms with Crippen molar-refractivity contribution in [2.45, 2.75) is 99.4 Å². The molecule has 0 saturated carbocycles. The highest BCUT2D eigenvalue weighted by atomic mass is 32.2. The molecule has 57 heavy (non-hydrogen) atoms. The zero-order chi connectivity index (χ0) is 41.7. The van der Waals surface area contributed by atoms with Crippen LogP contribution in [0.2, 0.25) is 0 Å². The second-order valence-corrected chi connectivity index (χ2v) is 18.1. The SMILES string of the molecule is CCN1/C(=C/C=C/C2=[N+](CCCCC#Cc3cn([C@H]4C[C@@H](O)[C@@H](CO)O4)c(=O)nc3N)c3ccc(S(=O)(=O)[O-])cc3C2(C)C)C(C)(C)c2cc(S(=O)(=O)[O-])ccc21. The van der Waals surface area contributed by atoms with Crippen molar-refractivity contribution in [2.24, 2.45) is 0 Å². The number of unbranched alkanes of at least 4 members (excludes halogenated alkanes) is 2. The number of hydrogen-bond acceptors (Lipinski definition) is 13. The zero-order valence-electron chi connectivity index (χ0n) is 32.3. The molecule has 0 aliphatic carbocycles. The summed E-state index contributed by atoms with van der Waals surface area (Å²) in [4.78, 5) is 17.9. The number of hydrogen-bond donors (Lipinski definition) is 3. The van der Waals surface area contributed by atoms with Crippen LogP contribution in [0.5, 0.6) is 0 Å². The quantitative estimate of drug-likeness (QED) is 0.109. The number of aliphatic hydroxyl groups is 2. The molecule has 2 aromatic carbocycles. The lowest BCUT2D eigenvalue weighted by atomic mass is 9.81. The molecule has 4 N–H and O–H groups in total. The molecule has 0 spiro atoms. The summed E-state index contributed by atoms with van der Waals surface area (Å²) in [5.41, 5.74) is 9.06. The second-order valence-electron chi connectivity index (χ2n) is 15.3. The third-order valence-corrected chi connectivity index (χ3v) is 12.6. The van der Waals surface area contributed by atoms with Gasteiger partial charge in [-0.1, -0.05) is 31.8 Å². The first-order chi connectivity index (χ1) is 26.7. The van der Waals surface area contributed by atoms with E-state index in [1.165, 1.54) is 35.0 Å². The Hall–Kier alpha value is -4.67. The number of aliphatic hydroxyl groups excluding tert-OH is 2. The van der Waals surface area contributed by atoms with Crippen LogP contribution in [0.25, 0.3) is 0 Å². The van der Waals surface area contributed by atoms with Gasteiger partial charge in [0, 0.05) is 66.5 Å². The topological polar surface area (TPSA) is 231 Å². The highest BCUT2D eigenvalue weighted by molar-refractivity contribution is 7.86. The van der Waals surface area contributed by atoms with Crippen LogP contribution in [0.1, 0.15) is 83.2 Å². The van der Waals surface area contributed by atoms with Gasteiger partial charge in [0.15, 0.2) is 5.71 Å². The smallest absolute Gasteiger partial charge is 0.351 e. The number of likely N-dealkylation sites (N-methyl/N-ethyl adjacent to an activating group) is 1. The molecule has 1 aromatic heterocycles. The third kappa shape index (κ3) is 8.08. The number of fused-ring (bicyclic) bond motifs is 2. The minimum absolute atomic E-state index is 0.0375. The number of benzene rings is 2. The van der Waals surface area contributed by atoms with Crippen molar-refractivity contribution in [1.29, 1.82) is 0 Å². The second kappa shape index (κ2) is 15.6. The van der Waals surface area contributed by atoms with E-state index in [0.717, 1.165) is 28.3 Å². The van der Waals surface area contributed by atoms with Crippen LogP contribution in [0.3, 0.4) is 0 Å². The van der Waals surface area contributed by atoms with Gasteiger partial charge in [-0.15, -0.1) is 0 Å². The molecule has 0 radical (unpaired) electrons. The largest absolute Gasteiger partial charge is 0.744 e. The van der Waals surface area contributed by atoms with Crippen LogP contribution >= 0.6 is 0 Å². The molecule has 1 fully saturated rings. The summed E-state index contributed by atoms with van der Waals surface area (Å²) in [7, 11) is -9.36. The number of nitrogen functional groups attached to an aromatic ring is 1. The molecule has 6 rings (SSSR count). The van der Waals surface area contributed by atoms with Gasteiger partial charge in [0.25, 0.3) is 0 Å². The first-order valence-corrected chi connectivity index (χ1v) is 21.4. The number of anilines is 2. The molecule has 1 saturated heterocycles. The summed E-state index contributed by atoms with van der Waals surface area (Å²) in [6.45, 7) is 10.6. The Bertz CT molecular complexity index is 2550. The summed E-state index contributed by atoms with van der Waals surface area (Å²) in [5, 5.41) is 19.5. The third-order valence-electron chi connectivity index (χ3n) is 11.0. The molecule has 3 atom stereocenters. The van der Waals surface area contributed by atoms with Crippen molar-refractivity contribution in [1.82, 2.24) is 9.55 Å². The van der Waals surface area contributed by atoms with Crippen molar-refractivity contribution in [3.63, 3.8) is 0 Å². The Morgan fingerprint density at radius 2 is 1.70 bits per heavy atom. The Labute approximate surface area is 332 Å². The van der Waals surface area contributed by atoms with Crippen LogP contribution in [0.15, 0.2) is 81.1 Å². The maximum Gasteiger partial charge on any atom is 0.351 e. The Morgan fingerprint density at radius 3 is 2.33 bits per heavy atom. The molecule has 0 bridgehead atoms. The number of rotatable bonds is 11. The number of aromatic nitrogens is 2. The molecular formula is C40H46N5O10S2-. The van der Waals surface area contributed by atoms with E-state index >= 15 is 0 Å². The summed E-state index contributed by atoms with van der Waals surface area (Å²) in [5.74, 6) is 6.03. The summed E-state index contributed by atoms with van der Waals surface area (Å²) < 4.78 is 80.6. The van der Waals surface area contributed by atoms with E-state index in [-0.39, 0.29) is 22.0 Å². The monoisotopic (exact) mass is 820 g/mol. The van der Waals surface area contributed by atoms with Crippen molar-refractivity contribution >= 4 is 43.1 Å². The predicted molar refractivity (Wildman–Crippen MR) is 210 cm³/mol. The number of nitrogens with zero attached hydrogens (tertiary/aromatic N) is 4. The van der Waals surface area contributed by atoms with Gasteiger partial charge in [-0.05, 0) is 69.2 Å². The fourth-order valence-electron chi connectivity index (χ4n) is 7.91. The average molecular weight is 821 g/mol. The van der Waals surface area contributed by atoms with Gasteiger partial charge in [-0.3, -0.25) is 4.57 Å². The normalized spacial score (nSPS) is 21.9. The minimum Gasteiger partial charge on any atom is -0.744 e. The molecule has 0 unspecified atom stereocenters. The first-order valence-electron chi connectivity index (χ1n) is 18.5. The molecule has 3 aliphatic rings. The van der Waals surface area contributed by atoms with Gasteiger partial charge in [0.2, 0.25) is 5.69 Å². The van der Waals surface area contributed by atoms with E-state index in [2.05, 4.69) is 26.3 Å². The molecule has 17 heteroatoms. The van der Waals surface area contributed by atoms with Crippen molar-refractivity contribution in [3.8, 4) is 11.8 Å². The molecule has 304 valence electrons. The highest BCUT2D eigenvalue weighted by Gasteiger charge is 2.45. The van der Waals surface area contributed by atoms with Crippen LogP contribution in [0, 0.1) is 11.8 Å². The van der Waals surface area contributed by atoms with Crippen LogP contribution in [0.4, 0.5) is 17.2 Å². The molecule has 4 heterocycles. The van der Waals surface area contributed by atoms with Crippen LogP contribution in [-0.2, 0) is 35.8 Å². The van der Waals surface area contributed by atoms with Gasteiger partial charge in [-0.2, -0.15) is 9.56 Å². The van der Waals surface area contributed by atoms with Crippen LogP contribution < -0.4 is 16.3 Å². The van der Waals surface area contributed by atoms with E-state index < -0.39 is 61.8 Å². The number of nitrogens with two attached hydrogens (primary N) is 1. The predicted octanol–water partition coefficient (Wildman–Crippen LogP) is 3.13. The van der Waals surface area contributed by atoms with E-state index in [9.17, 15) is 40.9 Å². The molecule has 15 nitrogen and oxygen atoms in total. The Balaban J connectivity index is 1.26. The lowest BCUT2D eigenvalue weighted by molar-refractivity contribution is -0.438. The summed E-state index contributed by atoms with van der Waals surface area (Å²) >= 11 is 0. The van der Waals surface area contributed by atoms with E-state index in [0.29, 0.717) is 43.5 Å². The fraction of sp³-hybridized carbons (Fsp3) is 0.425. The van der Waals surface area contributed by atoms with Crippen molar-refractivity contribution in [3.05, 3.63) is 93.7 Å². The van der Waals surface area contributed by atoms with Gasteiger partial charge < -0.3 is 34.7 Å². The highest BCUT2D eigenvalue weighted by Crippen LogP contribution is 2.48. The first kappa shape index (κ1) is 41.9. The standard InChI is InChI=1S/C40H47N5O10S2/c1-6-43-30-17-15-26(56(49,50)51)20-28(30)39(2,3)34(43)13-11-14-35-40(4,5)29-21-27(57(52,53)54)16-18-31(29)44(35)19-10-8-7-9-12-25-23-45(38(48)42-37(25)41)36-22-32(47)33(24-46)55-36/h11,13-18,20-21,23,32-33,36,46-47H,6-8,10,19,22,24H2,1-5H3,(H3-,41,42,48,49,50,51,52,53,54)/p-1/t32-,33-,36-/m1/s1.